The maximum Gasteiger partial charge on any atom is 0.236 e. The third-order valence-corrected chi connectivity index (χ3v) is 2.66. The molecule has 0 radical (unpaired) electrons. The van der Waals surface area contributed by atoms with Crippen LogP contribution in [0.4, 0.5) is 0 Å². The minimum Gasteiger partial charge on any atom is -0.352 e. The summed E-state index contributed by atoms with van der Waals surface area (Å²) in [6.07, 6.45) is 0.857. The molecule has 2 nitrogen and oxygen atoms in total. The Kier molecular flexibility index (Phi) is 4.54. The zero-order valence-electron chi connectivity index (χ0n) is 9.96. The Bertz CT molecular complexity index is 343. The summed E-state index contributed by atoms with van der Waals surface area (Å²) in [5.74, 6) is 0.0240. The normalized spacial score (nSPS) is 13.2. The second kappa shape index (κ2) is 5.48. The first-order valence-electron chi connectivity index (χ1n) is 5.43. The van der Waals surface area contributed by atoms with Crippen LogP contribution < -0.4 is 5.32 Å². The number of halogens is 1. The highest BCUT2D eigenvalue weighted by Crippen LogP contribution is 2.16. The van der Waals surface area contributed by atoms with Gasteiger partial charge in [-0.25, -0.2) is 0 Å². The van der Waals surface area contributed by atoms with E-state index in [4.69, 9.17) is 0 Å². The molecule has 0 aliphatic carbocycles. The van der Waals surface area contributed by atoms with Gasteiger partial charge in [-0.3, -0.25) is 4.79 Å². The van der Waals surface area contributed by atoms with Crippen molar-refractivity contribution in [3.8, 4) is 0 Å². The predicted octanol–water partition coefficient (Wildman–Crippen LogP) is 2.91. The van der Waals surface area contributed by atoms with Gasteiger partial charge in [-0.15, -0.1) is 0 Å². The van der Waals surface area contributed by atoms with Crippen LogP contribution in [0.3, 0.4) is 0 Å². The number of benzene rings is 1. The average Bonchev–Trinajstić information content (AvgIpc) is 2.17. The third kappa shape index (κ3) is 4.35. The summed E-state index contributed by atoms with van der Waals surface area (Å²) < 4.78 is -0.502. The van der Waals surface area contributed by atoms with Crippen LogP contribution in [0.2, 0.25) is 0 Å². The molecule has 1 aromatic rings. The van der Waals surface area contributed by atoms with E-state index in [0.29, 0.717) is 0 Å². The zero-order valence-corrected chi connectivity index (χ0v) is 11.5. The predicted molar refractivity (Wildman–Crippen MR) is 70.8 cm³/mol. The summed E-state index contributed by atoms with van der Waals surface area (Å²) in [4.78, 5) is 11.7. The summed E-state index contributed by atoms with van der Waals surface area (Å²) in [5, 5.41) is 2.98. The molecule has 1 atom stereocenters. The molecule has 0 aliphatic heterocycles. The van der Waals surface area contributed by atoms with E-state index in [-0.39, 0.29) is 11.9 Å². The van der Waals surface area contributed by atoms with Crippen molar-refractivity contribution in [2.24, 2.45) is 0 Å². The van der Waals surface area contributed by atoms with Gasteiger partial charge in [0.05, 0.1) is 4.32 Å². The van der Waals surface area contributed by atoms with Crippen LogP contribution in [0.5, 0.6) is 0 Å². The Morgan fingerprint density at radius 3 is 2.44 bits per heavy atom. The van der Waals surface area contributed by atoms with E-state index in [2.05, 4.69) is 33.4 Å². The van der Waals surface area contributed by atoms with Gasteiger partial charge in [0.25, 0.3) is 0 Å². The van der Waals surface area contributed by atoms with E-state index >= 15 is 0 Å². The fraction of sp³-hybridized carbons (Fsp3) is 0.462. The van der Waals surface area contributed by atoms with Gasteiger partial charge in [0.1, 0.15) is 0 Å². The second-order valence-electron chi connectivity index (χ2n) is 4.54. The molecule has 1 N–H and O–H groups in total. The molecule has 1 unspecified atom stereocenters. The van der Waals surface area contributed by atoms with Crippen molar-refractivity contribution in [3.05, 3.63) is 35.9 Å². The Morgan fingerprint density at radius 2 is 1.94 bits per heavy atom. The largest absolute Gasteiger partial charge is 0.352 e. The molecule has 0 heterocycles. The summed E-state index contributed by atoms with van der Waals surface area (Å²) in [7, 11) is 0. The van der Waals surface area contributed by atoms with Crippen molar-refractivity contribution in [3.63, 3.8) is 0 Å². The number of hydrogen-bond donors (Lipinski definition) is 1. The van der Waals surface area contributed by atoms with Gasteiger partial charge >= 0.3 is 0 Å². The number of alkyl halides is 1. The van der Waals surface area contributed by atoms with Crippen molar-refractivity contribution in [1.82, 2.24) is 5.32 Å². The van der Waals surface area contributed by atoms with E-state index in [0.717, 1.165) is 6.42 Å². The van der Waals surface area contributed by atoms with Crippen LogP contribution in [-0.4, -0.2) is 16.3 Å². The maximum absolute atomic E-state index is 11.7. The molecule has 1 rings (SSSR count). The lowest BCUT2D eigenvalue weighted by atomic mass is 10.1. The highest BCUT2D eigenvalue weighted by molar-refractivity contribution is 9.10. The summed E-state index contributed by atoms with van der Waals surface area (Å²) >= 11 is 3.35. The molecule has 1 amide bonds. The zero-order chi connectivity index (χ0) is 12.2. The van der Waals surface area contributed by atoms with Crippen LogP contribution >= 0.6 is 15.9 Å². The standard InChI is InChI=1S/C13H18BrNO/c1-10(15-12(16)13(2,3)14)9-11-7-5-4-6-8-11/h4-8,10H,9H2,1-3H3,(H,15,16). The first-order chi connectivity index (χ1) is 7.39. The van der Waals surface area contributed by atoms with Crippen molar-refractivity contribution >= 4 is 21.8 Å². The molecule has 16 heavy (non-hydrogen) atoms. The number of hydrogen-bond acceptors (Lipinski definition) is 1. The Labute approximate surface area is 106 Å². The molecular formula is C13H18BrNO. The van der Waals surface area contributed by atoms with Gasteiger partial charge in [-0.2, -0.15) is 0 Å². The monoisotopic (exact) mass is 283 g/mol. The number of carbonyl (C=O) groups is 1. The molecule has 3 heteroatoms. The molecule has 0 saturated carbocycles. The van der Waals surface area contributed by atoms with Crippen LogP contribution in [0.25, 0.3) is 0 Å². The molecule has 0 aliphatic rings. The highest BCUT2D eigenvalue weighted by Gasteiger charge is 2.24. The highest BCUT2D eigenvalue weighted by atomic mass is 79.9. The van der Waals surface area contributed by atoms with E-state index in [9.17, 15) is 4.79 Å². The molecule has 88 valence electrons. The van der Waals surface area contributed by atoms with Crippen molar-refractivity contribution < 1.29 is 4.79 Å². The number of rotatable bonds is 4. The van der Waals surface area contributed by atoms with Gasteiger partial charge in [0.15, 0.2) is 0 Å². The average molecular weight is 284 g/mol. The molecule has 0 saturated heterocycles. The van der Waals surface area contributed by atoms with Gasteiger partial charge in [0, 0.05) is 6.04 Å². The van der Waals surface area contributed by atoms with Crippen LogP contribution in [0.15, 0.2) is 30.3 Å². The number of nitrogens with one attached hydrogen (secondary N) is 1. The molecule has 0 bridgehead atoms. The van der Waals surface area contributed by atoms with Crippen molar-refractivity contribution in [1.29, 1.82) is 0 Å². The Hall–Kier alpha value is -0.830. The van der Waals surface area contributed by atoms with Gasteiger partial charge < -0.3 is 5.32 Å². The lowest BCUT2D eigenvalue weighted by molar-refractivity contribution is -0.123. The minimum absolute atomic E-state index is 0.0240. The lowest BCUT2D eigenvalue weighted by Crippen LogP contribution is -2.43. The van der Waals surface area contributed by atoms with Crippen LogP contribution in [0, 0.1) is 0 Å². The summed E-state index contributed by atoms with van der Waals surface area (Å²) in [6, 6.07) is 10.3. The van der Waals surface area contributed by atoms with Crippen LogP contribution in [-0.2, 0) is 11.2 Å². The van der Waals surface area contributed by atoms with Crippen LogP contribution in [0.1, 0.15) is 26.3 Å². The topological polar surface area (TPSA) is 29.1 Å². The maximum atomic E-state index is 11.7. The fourth-order valence-corrected chi connectivity index (χ4v) is 1.53. The van der Waals surface area contributed by atoms with E-state index in [1.165, 1.54) is 5.56 Å². The summed E-state index contributed by atoms with van der Waals surface area (Å²) in [5.41, 5.74) is 1.24. The van der Waals surface area contributed by atoms with Crippen molar-refractivity contribution in [2.45, 2.75) is 37.6 Å². The van der Waals surface area contributed by atoms with E-state index < -0.39 is 4.32 Å². The quantitative estimate of drug-likeness (QED) is 0.846. The van der Waals surface area contributed by atoms with Gasteiger partial charge in [-0.05, 0) is 32.8 Å². The first kappa shape index (κ1) is 13.2. The van der Waals surface area contributed by atoms with E-state index in [1.807, 2.05) is 39.0 Å². The number of amides is 1. The van der Waals surface area contributed by atoms with E-state index in [1.54, 1.807) is 0 Å². The fourth-order valence-electron chi connectivity index (χ4n) is 1.41. The smallest absolute Gasteiger partial charge is 0.236 e. The molecule has 0 fully saturated rings. The van der Waals surface area contributed by atoms with Gasteiger partial charge in [0.2, 0.25) is 5.91 Å². The molecule has 0 aromatic heterocycles. The second-order valence-corrected chi connectivity index (χ2v) is 6.52. The third-order valence-electron chi connectivity index (χ3n) is 2.30. The first-order valence-corrected chi connectivity index (χ1v) is 6.22. The molecule has 1 aromatic carbocycles. The Morgan fingerprint density at radius 1 is 1.38 bits per heavy atom. The Balaban J connectivity index is 2.49. The lowest BCUT2D eigenvalue weighted by Gasteiger charge is -2.20. The number of carbonyl (C=O) groups excluding carboxylic acids is 1. The van der Waals surface area contributed by atoms with Crippen molar-refractivity contribution in [2.75, 3.05) is 0 Å². The van der Waals surface area contributed by atoms with Gasteiger partial charge in [-0.1, -0.05) is 46.3 Å². The SMILES string of the molecule is CC(Cc1ccccc1)NC(=O)C(C)(C)Br. The summed E-state index contributed by atoms with van der Waals surface area (Å²) in [6.45, 7) is 5.71. The molecule has 0 spiro atoms. The molecular weight excluding hydrogens is 266 g/mol. The minimum atomic E-state index is -0.502.